The Morgan fingerprint density at radius 3 is 2.15 bits per heavy atom. The minimum atomic E-state index is -0.939. The van der Waals surface area contributed by atoms with Gasteiger partial charge in [-0.05, 0) is 54.8 Å². The van der Waals surface area contributed by atoms with Crippen molar-refractivity contribution in [1.29, 1.82) is 0 Å². The normalized spacial score (nSPS) is 19.4. The Bertz CT molecular complexity index is 790. The second kappa shape index (κ2) is 8.77. The molecule has 0 unspecified atom stereocenters. The highest BCUT2D eigenvalue weighted by atomic mass is 19.1. The number of halogens is 1. The van der Waals surface area contributed by atoms with Crippen LogP contribution in [-0.2, 0) is 6.54 Å². The molecule has 142 valence electrons. The Morgan fingerprint density at radius 2 is 1.52 bits per heavy atom. The third-order valence-electron chi connectivity index (χ3n) is 4.96. The van der Waals surface area contributed by atoms with Crippen LogP contribution in [0.4, 0.5) is 4.39 Å². The fourth-order valence-corrected chi connectivity index (χ4v) is 3.42. The van der Waals surface area contributed by atoms with Gasteiger partial charge in [0.15, 0.2) is 0 Å². The Labute approximate surface area is 157 Å². The van der Waals surface area contributed by atoms with E-state index in [0.29, 0.717) is 12.1 Å². The molecule has 0 radical (unpaired) electrons. The number of benzene rings is 2. The average Bonchev–Trinajstić information content (AvgIpc) is 2.68. The number of carbonyl (C=O) groups is 2. The predicted octanol–water partition coefficient (Wildman–Crippen LogP) is 3.35. The van der Waals surface area contributed by atoms with Gasteiger partial charge in [0.25, 0.3) is 5.91 Å². The van der Waals surface area contributed by atoms with Gasteiger partial charge in [-0.3, -0.25) is 4.79 Å². The highest BCUT2D eigenvalue weighted by Gasteiger charge is 2.26. The van der Waals surface area contributed by atoms with Gasteiger partial charge in [-0.25, -0.2) is 9.18 Å². The molecule has 2 atom stereocenters. The Morgan fingerprint density at radius 1 is 0.926 bits per heavy atom. The molecule has 0 bridgehead atoms. The molecule has 0 heterocycles. The van der Waals surface area contributed by atoms with Gasteiger partial charge in [0.2, 0.25) is 0 Å². The summed E-state index contributed by atoms with van der Waals surface area (Å²) in [4.78, 5) is 23.4. The molecular formula is C21H23FN2O3. The third-order valence-corrected chi connectivity index (χ3v) is 4.96. The molecule has 2 aromatic rings. The summed E-state index contributed by atoms with van der Waals surface area (Å²) in [7, 11) is 0. The van der Waals surface area contributed by atoms with Crippen LogP contribution in [0, 0.1) is 5.82 Å². The van der Waals surface area contributed by atoms with E-state index in [1.165, 1.54) is 24.3 Å². The molecule has 0 saturated heterocycles. The lowest BCUT2D eigenvalue weighted by Gasteiger charge is -2.33. The maximum Gasteiger partial charge on any atom is 0.335 e. The molecule has 1 aliphatic rings. The van der Waals surface area contributed by atoms with Crippen molar-refractivity contribution in [2.24, 2.45) is 0 Å². The Hall–Kier alpha value is -2.73. The standard InChI is InChI=1S/C21H23FN2O3/c22-17-11-9-15(10-12-17)20(25)24-19-4-2-1-3-18(19)23-13-14-5-7-16(8-6-14)21(26)27/h5-12,18-19,23H,1-4,13H2,(H,24,25)(H,26,27)/t18-,19+/m0/s1. The van der Waals surface area contributed by atoms with Crippen LogP contribution < -0.4 is 10.6 Å². The summed E-state index contributed by atoms with van der Waals surface area (Å²) in [6, 6.07) is 12.5. The highest BCUT2D eigenvalue weighted by molar-refractivity contribution is 5.94. The first kappa shape index (κ1) is 19.0. The van der Waals surface area contributed by atoms with Crippen molar-refractivity contribution in [3.05, 3.63) is 71.0 Å². The van der Waals surface area contributed by atoms with Gasteiger partial charge in [0, 0.05) is 24.2 Å². The average molecular weight is 370 g/mol. The summed E-state index contributed by atoms with van der Waals surface area (Å²) in [6.07, 6.45) is 4.00. The third kappa shape index (κ3) is 5.14. The van der Waals surface area contributed by atoms with Crippen LogP contribution in [0.1, 0.15) is 52.0 Å². The number of aromatic carboxylic acids is 1. The summed E-state index contributed by atoms with van der Waals surface area (Å²) < 4.78 is 13.0. The van der Waals surface area contributed by atoms with E-state index >= 15 is 0 Å². The quantitative estimate of drug-likeness (QED) is 0.729. The Kier molecular flexibility index (Phi) is 6.19. The molecule has 5 nitrogen and oxygen atoms in total. The molecule has 0 spiro atoms. The van der Waals surface area contributed by atoms with E-state index in [1.807, 2.05) is 0 Å². The minimum Gasteiger partial charge on any atom is -0.478 e. The SMILES string of the molecule is O=C(O)c1ccc(CN[C@H]2CCCC[C@H]2NC(=O)c2ccc(F)cc2)cc1. The van der Waals surface area contributed by atoms with E-state index in [-0.39, 0.29) is 29.4 Å². The molecule has 1 fully saturated rings. The molecule has 27 heavy (non-hydrogen) atoms. The van der Waals surface area contributed by atoms with Crippen LogP contribution in [0.2, 0.25) is 0 Å². The lowest BCUT2D eigenvalue weighted by molar-refractivity contribution is 0.0696. The topological polar surface area (TPSA) is 78.4 Å². The molecule has 1 saturated carbocycles. The predicted molar refractivity (Wildman–Crippen MR) is 100 cm³/mol. The monoisotopic (exact) mass is 370 g/mol. The summed E-state index contributed by atoms with van der Waals surface area (Å²) in [5, 5.41) is 15.5. The lowest BCUT2D eigenvalue weighted by Crippen LogP contribution is -2.51. The Balaban J connectivity index is 1.58. The number of amides is 1. The van der Waals surface area contributed by atoms with E-state index in [2.05, 4.69) is 10.6 Å². The van der Waals surface area contributed by atoms with Crippen LogP contribution >= 0.6 is 0 Å². The summed E-state index contributed by atoms with van der Waals surface area (Å²) in [5.74, 6) is -1.50. The van der Waals surface area contributed by atoms with Crippen LogP contribution in [-0.4, -0.2) is 29.1 Å². The molecule has 0 aliphatic heterocycles. The van der Waals surface area contributed by atoms with E-state index < -0.39 is 5.97 Å². The first-order valence-electron chi connectivity index (χ1n) is 9.15. The van der Waals surface area contributed by atoms with Gasteiger partial charge in [-0.2, -0.15) is 0 Å². The number of rotatable bonds is 6. The van der Waals surface area contributed by atoms with Gasteiger partial charge in [-0.1, -0.05) is 25.0 Å². The smallest absolute Gasteiger partial charge is 0.335 e. The molecular weight excluding hydrogens is 347 g/mol. The summed E-state index contributed by atoms with van der Waals surface area (Å²) >= 11 is 0. The molecule has 1 aliphatic carbocycles. The number of hydrogen-bond donors (Lipinski definition) is 3. The number of carboxylic acid groups (broad SMARTS) is 1. The lowest BCUT2D eigenvalue weighted by atomic mass is 9.90. The fourth-order valence-electron chi connectivity index (χ4n) is 3.42. The minimum absolute atomic E-state index is 0.00889. The van der Waals surface area contributed by atoms with Crippen molar-refractivity contribution in [3.8, 4) is 0 Å². The van der Waals surface area contributed by atoms with Crippen LogP contribution in [0.15, 0.2) is 48.5 Å². The molecule has 0 aromatic heterocycles. The van der Waals surface area contributed by atoms with Gasteiger partial charge >= 0.3 is 5.97 Å². The van der Waals surface area contributed by atoms with E-state index in [0.717, 1.165) is 31.2 Å². The first-order chi connectivity index (χ1) is 13.0. The van der Waals surface area contributed by atoms with Crippen molar-refractivity contribution in [1.82, 2.24) is 10.6 Å². The fraction of sp³-hybridized carbons (Fsp3) is 0.333. The maximum atomic E-state index is 13.0. The largest absolute Gasteiger partial charge is 0.478 e. The molecule has 3 N–H and O–H groups in total. The maximum absolute atomic E-state index is 13.0. The van der Waals surface area contributed by atoms with Crippen molar-refractivity contribution in [2.75, 3.05) is 0 Å². The van der Waals surface area contributed by atoms with Gasteiger partial charge in [0.05, 0.1) is 5.56 Å². The zero-order valence-electron chi connectivity index (χ0n) is 15.0. The molecule has 6 heteroatoms. The van der Waals surface area contributed by atoms with Crippen molar-refractivity contribution in [2.45, 2.75) is 44.3 Å². The van der Waals surface area contributed by atoms with E-state index in [4.69, 9.17) is 5.11 Å². The zero-order valence-corrected chi connectivity index (χ0v) is 15.0. The molecule has 3 rings (SSSR count). The second-order valence-electron chi connectivity index (χ2n) is 6.86. The van der Waals surface area contributed by atoms with Gasteiger partial charge in [-0.15, -0.1) is 0 Å². The van der Waals surface area contributed by atoms with Crippen molar-refractivity contribution < 1.29 is 19.1 Å². The van der Waals surface area contributed by atoms with Crippen LogP contribution in [0.25, 0.3) is 0 Å². The van der Waals surface area contributed by atoms with Crippen molar-refractivity contribution in [3.63, 3.8) is 0 Å². The number of carboxylic acids is 1. The van der Waals surface area contributed by atoms with Crippen LogP contribution in [0.5, 0.6) is 0 Å². The highest BCUT2D eigenvalue weighted by Crippen LogP contribution is 2.20. The van der Waals surface area contributed by atoms with E-state index in [9.17, 15) is 14.0 Å². The number of hydrogen-bond acceptors (Lipinski definition) is 3. The molecule has 2 aromatic carbocycles. The zero-order chi connectivity index (χ0) is 19.2. The summed E-state index contributed by atoms with van der Waals surface area (Å²) in [5.41, 5.74) is 1.71. The van der Waals surface area contributed by atoms with E-state index in [1.54, 1.807) is 24.3 Å². The van der Waals surface area contributed by atoms with Gasteiger partial charge in [0.1, 0.15) is 5.82 Å². The van der Waals surface area contributed by atoms with Crippen molar-refractivity contribution >= 4 is 11.9 Å². The summed E-state index contributed by atoms with van der Waals surface area (Å²) in [6.45, 7) is 0.605. The molecule has 1 amide bonds. The van der Waals surface area contributed by atoms with Crippen LogP contribution in [0.3, 0.4) is 0 Å². The number of carbonyl (C=O) groups excluding carboxylic acids is 1. The van der Waals surface area contributed by atoms with Gasteiger partial charge < -0.3 is 15.7 Å². The second-order valence-corrected chi connectivity index (χ2v) is 6.86. The first-order valence-corrected chi connectivity index (χ1v) is 9.15. The number of nitrogens with one attached hydrogen (secondary N) is 2.